The van der Waals surface area contributed by atoms with Gasteiger partial charge in [0, 0.05) is 12.0 Å². The molecule has 0 heterocycles. The fourth-order valence-electron chi connectivity index (χ4n) is 1.68. The molecule has 98 valence electrons. The predicted octanol–water partition coefficient (Wildman–Crippen LogP) is 4.20. The van der Waals surface area contributed by atoms with Crippen molar-refractivity contribution in [3.63, 3.8) is 0 Å². The highest BCUT2D eigenvalue weighted by molar-refractivity contribution is 7.85. The number of carbonyl (C=O) groups is 1. The zero-order valence-electron chi connectivity index (χ0n) is 10.0. The third-order valence-corrected chi connectivity index (χ3v) is 3.03. The Kier molecular flexibility index (Phi) is 4.00. The van der Waals surface area contributed by atoms with Crippen molar-refractivity contribution in [2.45, 2.75) is 12.3 Å². The smallest absolute Gasteiger partial charge is 0.270 e. The summed E-state index contributed by atoms with van der Waals surface area (Å²) in [4.78, 5) is 12.2. The van der Waals surface area contributed by atoms with E-state index in [0.29, 0.717) is 11.1 Å². The van der Waals surface area contributed by atoms with Gasteiger partial charge in [-0.2, -0.15) is 0 Å². The fourth-order valence-corrected chi connectivity index (χ4v) is 1.95. The number of thiol groups is 1. The van der Waals surface area contributed by atoms with Gasteiger partial charge in [-0.1, -0.05) is 42.5 Å². The molecule has 0 fully saturated rings. The topological polar surface area (TPSA) is 17.1 Å². The molecule has 0 spiro atoms. The first-order chi connectivity index (χ1) is 8.98. The van der Waals surface area contributed by atoms with E-state index in [0.717, 1.165) is 6.08 Å². The van der Waals surface area contributed by atoms with E-state index >= 15 is 0 Å². The summed E-state index contributed by atoms with van der Waals surface area (Å²) in [7, 11) is 0. The van der Waals surface area contributed by atoms with Crippen LogP contribution in [-0.4, -0.2) is 11.7 Å². The highest BCUT2D eigenvalue weighted by Crippen LogP contribution is 2.27. The van der Waals surface area contributed by atoms with Gasteiger partial charge in [0.1, 0.15) is 0 Å². The minimum Gasteiger partial charge on any atom is -0.288 e. The second-order valence-corrected chi connectivity index (χ2v) is 4.71. The summed E-state index contributed by atoms with van der Waals surface area (Å²) < 4.78 is 25.8. The van der Waals surface area contributed by atoms with Crippen molar-refractivity contribution >= 4 is 18.4 Å². The quantitative estimate of drug-likeness (QED) is 0.498. The summed E-state index contributed by atoms with van der Waals surface area (Å²) in [6.07, 6.45) is 4.69. The number of carbonyl (C=O) groups excluding carboxylic acids is 1. The van der Waals surface area contributed by atoms with E-state index in [4.69, 9.17) is 0 Å². The SMILES string of the molecule is O=C(C(S)=CC1=CCC(F)(F)C=C1)c1ccccc1. The molecule has 4 heteroatoms. The molecule has 0 aliphatic heterocycles. The summed E-state index contributed by atoms with van der Waals surface area (Å²) in [5, 5.41) is 0. The predicted molar refractivity (Wildman–Crippen MR) is 74.6 cm³/mol. The van der Waals surface area contributed by atoms with Gasteiger partial charge in [0.05, 0.1) is 4.91 Å². The van der Waals surface area contributed by atoms with Crippen molar-refractivity contribution < 1.29 is 13.6 Å². The van der Waals surface area contributed by atoms with E-state index in [1.165, 1.54) is 18.2 Å². The molecule has 0 saturated carbocycles. The van der Waals surface area contributed by atoms with E-state index in [9.17, 15) is 13.6 Å². The number of halogens is 2. The molecule has 0 amide bonds. The minimum atomic E-state index is -2.79. The number of Topliss-reactive ketones (excluding diaryl/α,β-unsaturated/α-hetero) is 1. The van der Waals surface area contributed by atoms with E-state index in [-0.39, 0.29) is 17.1 Å². The second-order valence-electron chi connectivity index (χ2n) is 4.23. The van der Waals surface area contributed by atoms with Gasteiger partial charge in [-0.05, 0) is 17.7 Å². The van der Waals surface area contributed by atoms with Gasteiger partial charge < -0.3 is 0 Å². The van der Waals surface area contributed by atoms with Gasteiger partial charge in [-0.25, -0.2) is 8.78 Å². The van der Waals surface area contributed by atoms with Crippen LogP contribution in [0.15, 0.2) is 65.1 Å². The van der Waals surface area contributed by atoms with Crippen molar-refractivity contribution in [3.05, 3.63) is 70.7 Å². The molecule has 19 heavy (non-hydrogen) atoms. The molecular formula is C15H12F2OS. The lowest BCUT2D eigenvalue weighted by molar-refractivity contribution is 0.0573. The third kappa shape index (κ3) is 3.64. The number of ketones is 1. The molecule has 2 rings (SSSR count). The number of hydrogen-bond acceptors (Lipinski definition) is 2. The number of benzene rings is 1. The number of alkyl halides is 2. The second kappa shape index (κ2) is 5.53. The first-order valence-electron chi connectivity index (χ1n) is 5.75. The molecule has 0 aromatic heterocycles. The van der Waals surface area contributed by atoms with Crippen molar-refractivity contribution in [2.24, 2.45) is 0 Å². The Hall–Kier alpha value is -1.68. The molecule has 0 bridgehead atoms. The van der Waals surface area contributed by atoms with Crippen molar-refractivity contribution in [1.29, 1.82) is 0 Å². The van der Waals surface area contributed by atoms with Crippen LogP contribution in [0.4, 0.5) is 8.78 Å². The van der Waals surface area contributed by atoms with E-state index in [2.05, 4.69) is 12.6 Å². The molecule has 1 nitrogen and oxygen atoms in total. The van der Waals surface area contributed by atoms with Gasteiger partial charge in [-0.15, -0.1) is 12.6 Å². The minimum absolute atomic E-state index is 0.226. The Morgan fingerprint density at radius 3 is 2.53 bits per heavy atom. The normalized spacial score (nSPS) is 18.1. The van der Waals surface area contributed by atoms with Crippen LogP contribution in [0.1, 0.15) is 16.8 Å². The van der Waals surface area contributed by atoms with E-state index < -0.39 is 5.92 Å². The van der Waals surface area contributed by atoms with Gasteiger partial charge in [0.25, 0.3) is 5.92 Å². The van der Waals surface area contributed by atoms with Crippen molar-refractivity contribution in [2.75, 3.05) is 0 Å². The van der Waals surface area contributed by atoms with Gasteiger partial charge >= 0.3 is 0 Å². The first kappa shape index (κ1) is 13.7. The maximum atomic E-state index is 12.9. The van der Waals surface area contributed by atoms with Crippen LogP contribution in [-0.2, 0) is 0 Å². The van der Waals surface area contributed by atoms with Crippen molar-refractivity contribution in [3.8, 4) is 0 Å². The van der Waals surface area contributed by atoms with Crippen LogP contribution >= 0.6 is 12.6 Å². The van der Waals surface area contributed by atoms with Crippen LogP contribution in [0, 0.1) is 0 Å². The summed E-state index contributed by atoms with van der Waals surface area (Å²) in [5.74, 6) is -3.02. The summed E-state index contributed by atoms with van der Waals surface area (Å²) in [6.45, 7) is 0. The average molecular weight is 278 g/mol. The fraction of sp³-hybridized carbons (Fsp3) is 0.133. The van der Waals surface area contributed by atoms with E-state index in [1.54, 1.807) is 24.3 Å². The Morgan fingerprint density at radius 1 is 1.26 bits per heavy atom. The maximum Gasteiger partial charge on any atom is 0.270 e. The third-order valence-electron chi connectivity index (χ3n) is 2.70. The zero-order chi connectivity index (χ0) is 13.9. The monoisotopic (exact) mass is 278 g/mol. The first-order valence-corrected chi connectivity index (χ1v) is 6.20. The highest BCUT2D eigenvalue weighted by Gasteiger charge is 2.25. The molecule has 1 aromatic carbocycles. The van der Waals surface area contributed by atoms with E-state index in [1.807, 2.05) is 6.07 Å². The molecule has 0 unspecified atom stereocenters. The molecule has 1 aromatic rings. The summed E-state index contributed by atoms with van der Waals surface area (Å²) in [5.41, 5.74) is 1.09. The summed E-state index contributed by atoms with van der Waals surface area (Å²) >= 11 is 4.14. The lowest BCUT2D eigenvalue weighted by Crippen LogP contribution is -2.13. The Morgan fingerprint density at radius 2 is 1.95 bits per heavy atom. The van der Waals surface area contributed by atoms with Crippen LogP contribution in [0.2, 0.25) is 0 Å². The standard InChI is InChI=1S/C15H12F2OS/c16-15(17)8-6-11(7-9-15)10-13(19)14(18)12-4-2-1-3-5-12/h1-8,10,19H,9H2. The van der Waals surface area contributed by atoms with Crippen LogP contribution < -0.4 is 0 Å². The highest BCUT2D eigenvalue weighted by atomic mass is 32.1. The molecule has 0 atom stereocenters. The zero-order valence-corrected chi connectivity index (χ0v) is 10.9. The maximum absolute atomic E-state index is 12.9. The van der Waals surface area contributed by atoms with Crippen LogP contribution in [0.5, 0.6) is 0 Å². The van der Waals surface area contributed by atoms with Crippen LogP contribution in [0.3, 0.4) is 0 Å². The Bertz CT molecular complexity index is 571. The lowest BCUT2D eigenvalue weighted by atomic mass is 10.0. The summed E-state index contributed by atoms with van der Waals surface area (Å²) in [6, 6.07) is 8.70. The van der Waals surface area contributed by atoms with Gasteiger partial charge in [0.15, 0.2) is 5.78 Å². The van der Waals surface area contributed by atoms with Crippen LogP contribution in [0.25, 0.3) is 0 Å². The molecule has 0 saturated heterocycles. The number of rotatable bonds is 3. The average Bonchev–Trinajstić information content (AvgIpc) is 2.41. The lowest BCUT2D eigenvalue weighted by Gasteiger charge is -2.13. The molecule has 0 N–H and O–H groups in total. The molecule has 0 radical (unpaired) electrons. The Balaban J connectivity index is 2.15. The number of hydrogen-bond donors (Lipinski definition) is 1. The largest absolute Gasteiger partial charge is 0.288 e. The number of allylic oxidation sites excluding steroid dienone is 6. The van der Waals surface area contributed by atoms with Gasteiger partial charge in [0.2, 0.25) is 0 Å². The molecular weight excluding hydrogens is 266 g/mol. The van der Waals surface area contributed by atoms with Crippen molar-refractivity contribution in [1.82, 2.24) is 0 Å². The molecule has 1 aliphatic rings. The van der Waals surface area contributed by atoms with Gasteiger partial charge in [-0.3, -0.25) is 4.79 Å². The molecule has 1 aliphatic carbocycles. The Labute approximate surface area is 115 Å².